The summed E-state index contributed by atoms with van der Waals surface area (Å²) in [5, 5.41) is 14.2. The molecule has 6 heteroatoms. The first-order valence-corrected chi connectivity index (χ1v) is 6.47. The standard InChI is InChI=1S/C12H23N3O3/c1-9-8-18-7-5-10(9)12(16)14-6-3-2-4-11(13)15-17/h9-10,17H,2-8H2,1H3,(H2,13,15)(H,14,16). The van der Waals surface area contributed by atoms with E-state index in [2.05, 4.69) is 10.5 Å². The van der Waals surface area contributed by atoms with Crippen LogP contribution in [0.5, 0.6) is 0 Å². The molecule has 1 rings (SSSR count). The van der Waals surface area contributed by atoms with Crippen molar-refractivity contribution in [2.24, 2.45) is 22.7 Å². The number of amidine groups is 1. The molecule has 1 aliphatic heterocycles. The fourth-order valence-electron chi connectivity index (χ4n) is 2.09. The highest BCUT2D eigenvalue weighted by Crippen LogP contribution is 2.21. The van der Waals surface area contributed by atoms with Crippen LogP contribution in [-0.4, -0.2) is 36.7 Å². The largest absolute Gasteiger partial charge is 0.409 e. The average Bonchev–Trinajstić information content (AvgIpc) is 2.38. The van der Waals surface area contributed by atoms with Crippen molar-refractivity contribution in [3.8, 4) is 0 Å². The van der Waals surface area contributed by atoms with Crippen molar-refractivity contribution >= 4 is 11.7 Å². The van der Waals surface area contributed by atoms with E-state index in [1.54, 1.807) is 0 Å². The van der Waals surface area contributed by atoms with Gasteiger partial charge < -0.3 is 21.0 Å². The van der Waals surface area contributed by atoms with Gasteiger partial charge in [0.2, 0.25) is 5.91 Å². The Kier molecular flexibility index (Phi) is 6.49. The highest BCUT2D eigenvalue weighted by atomic mass is 16.5. The maximum Gasteiger partial charge on any atom is 0.223 e. The van der Waals surface area contributed by atoms with Crippen molar-refractivity contribution in [1.82, 2.24) is 5.32 Å². The van der Waals surface area contributed by atoms with Gasteiger partial charge in [-0.2, -0.15) is 0 Å². The minimum absolute atomic E-state index is 0.0721. The molecule has 0 spiro atoms. The second-order valence-electron chi connectivity index (χ2n) is 4.79. The Morgan fingerprint density at radius 2 is 2.33 bits per heavy atom. The van der Waals surface area contributed by atoms with Crippen molar-refractivity contribution < 1.29 is 14.7 Å². The van der Waals surface area contributed by atoms with E-state index < -0.39 is 0 Å². The van der Waals surface area contributed by atoms with Gasteiger partial charge in [-0.15, -0.1) is 0 Å². The summed E-state index contributed by atoms with van der Waals surface area (Å²) >= 11 is 0. The molecule has 1 fully saturated rings. The van der Waals surface area contributed by atoms with Gasteiger partial charge in [0.15, 0.2) is 0 Å². The first kappa shape index (κ1) is 14.8. The summed E-state index contributed by atoms with van der Waals surface area (Å²) in [6.45, 7) is 4.02. The van der Waals surface area contributed by atoms with Gasteiger partial charge >= 0.3 is 0 Å². The fourth-order valence-corrected chi connectivity index (χ4v) is 2.09. The summed E-state index contributed by atoms with van der Waals surface area (Å²) < 4.78 is 5.31. The quantitative estimate of drug-likeness (QED) is 0.214. The lowest BCUT2D eigenvalue weighted by atomic mass is 9.89. The Balaban J connectivity index is 2.13. The van der Waals surface area contributed by atoms with Crippen LogP contribution in [0.4, 0.5) is 0 Å². The van der Waals surface area contributed by atoms with Gasteiger partial charge in [-0.25, -0.2) is 0 Å². The van der Waals surface area contributed by atoms with E-state index >= 15 is 0 Å². The zero-order valence-electron chi connectivity index (χ0n) is 10.9. The molecule has 0 aromatic carbocycles. The Labute approximate surface area is 108 Å². The van der Waals surface area contributed by atoms with Crippen LogP contribution < -0.4 is 11.1 Å². The first-order valence-electron chi connectivity index (χ1n) is 6.47. The number of oxime groups is 1. The normalized spacial score (nSPS) is 24.8. The number of hydrogen-bond acceptors (Lipinski definition) is 4. The molecule has 0 aromatic rings. The molecule has 1 aliphatic rings. The molecular weight excluding hydrogens is 234 g/mol. The van der Waals surface area contributed by atoms with E-state index in [0.29, 0.717) is 26.2 Å². The third-order valence-corrected chi connectivity index (χ3v) is 3.26. The van der Waals surface area contributed by atoms with Crippen LogP contribution in [0.1, 0.15) is 32.6 Å². The SMILES string of the molecule is CC1COCCC1C(=O)NCCCCC(N)=NO. The number of nitrogens with one attached hydrogen (secondary N) is 1. The van der Waals surface area contributed by atoms with Crippen LogP contribution in [0.2, 0.25) is 0 Å². The number of nitrogens with two attached hydrogens (primary N) is 1. The number of unbranched alkanes of at least 4 members (excludes halogenated alkanes) is 1. The Morgan fingerprint density at radius 3 is 3.00 bits per heavy atom. The third kappa shape index (κ3) is 4.91. The molecule has 1 amide bonds. The molecule has 1 heterocycles. The maximum absolute atomic E-state index is 11.9. The lowest BCUT2D eigenvalue weighted by molar-refractivity contribution is -0.130. The van der Waals surface area contributed by atoms with Gasteiger partial charge in [-0.3, -0.25) is 4.79 Å². The molecule has 0 radical (unpaired) electrons. The van der Waals surface area contributed by atoms with Gasteiger partial charge in [0.05, 0.1) is 0 Å². The summed E-state index contributed by atoms with van der Waals surface area (Å²) in [5.74, 6) is 0.715. The predicted molar refractivity (Wildman–Crippen MR) is 68.4 cm³/mol. The van der Waals surface area contributed by atoms with Crippen molar-refractivity contribution in [1.29, 1.82) is 0 Å². The molecule has 2 unspecified atom stereocenters. The van der Waals surface area contributed by atoms with Crippen molar-refractivity contribution in [2.45, 2.75) is 32.6 Å². The number of carbonyl (C=O) groups is 1. The van der Waals surface area contributed by atoms with E-state index in [0.717, 1.165) is 19.3 Å². The van der Waals surface area contributed by atoms with Crippen molar-refractivity contribution in [3.05, 3.63) is 0 Å². The summed E-state index contributed by atoms with van der Waals surface area (Å²) in [6.07, 6.45) is 3.00. The first-order chi connectivity index (χ1) is 8.65. The smallest absolute Gasteiger partial charge is 0.223 e. The number of nitrogens with zero attached hydrogens (tertiary/aromatic N) is 1. The molecule has 0 saturated carbocycles. The number of hydrogen-bond donors (Lipinski definition) is 3. The number of amides is 1. The number of rotatable bonds is 6. The molecule has 0 aliphatic carbocycles. The van der Waals surface area contributed by atoms with Crippen LogP contribution in [0.3, 0.4) is 0 Å². The van der Waals surface area contributed by atoms with Gasteiger partial charge in [-0.1, -0.05) is 12.1 Å². The van der Waals surface area contributed by atoms with Crippen LogP contribution in [0, 0.1) is 11.8 Å². The maximum atomic E-state index is 11.9. The monoisotopic (exact) mass is 257 g/mol. The van der Waals surface area contributed by atoms with Crippen LogP contribution in [0.15, 0.2) is 5.16 Å². The van der Waals surface area contributed by atoms with E-state index in [1.807, 2.05) is 6.92 Å². The summed E-state index contributed by atoms with van der Waals surface area (Å²) in [5.41, 5.74) is 5.35. The molecule has 0 bridgehead atoms. The lowest BCUT2D eigenvalue weighted by Crippen LogP contribution is -2.39. The minimum atomic E-state index is 0.0721. The molecule has 104 valence electrons. The topological polar surface area (TPSA) is 96.9 Å². The highest BCUT2D eigenvalue weighted by molar-refractivity contribution is 5.79. The van der Waals surface area contributed by atoms with Gasteiger partial charge in [0, 0.05) is 32.1 Å². The number of carbonyl (C=O) groups excluding carboxylic acids is 1. The third-order valence-electron chi connectivity index (χ3n) is 3.26. The predicted octanol–water partition coefficient (Wildman–Crippen LogP) is 0.692. The van der Waals surface area contributed by atoms with Crippen molar-refractivity contribution in [3.63, 3.8) is 0 Å². The molecule has 4 N–H and O–H groups in total. The molecule has 2 atom stereocenters. The van der Waals surface area contributed by atoms with Crippen molar-refractivity contribution in [2.75, 3.05) is 19.8 Å². The number of ether oxygens (including phenoxy) is 1. The second-order valence-corrected chi connectivity index (χ2v) is 4.79. The second kappa shape index (κ2) is 7.92. The Bertz CT molecular complexity index is 294. The molecule has 6 nitrogen and oxygen atoms in total. The molecule has 0 aromatic heterocycles. The summed E-state index contributed by atoms with van der Waals surface area (Å²) in [4.78, 5) is 11.9. The Morgan fingerprint density at radius 1 is 1.56 bits per heavy atom. The summed E-state index contributed by atoms with van der Waals surface area (Å²) in [7, 11) is 0. The average molecular weight is 257 g/mol. The molecule has 1 saturated heterocycles. The van der Waals surface area contributed by atoms with E-state index in [-0.39, 0.29) is 23.6 Å². The van der Waals surface area contributed by atoms with Crippen LogP contribution >= 0.6 is 0 Å². The van der Waals surface area contributed by atoms with E-state index in [9.17, 15) is 4.79 Å². The highest BCUT2D eigenvalue weighted by Gasteiger charge is 2.27. The lowest BCUT2D eigenvalue weighted by Gasteiger charge is -2.27. The minimum Gasteiger partial charge on any atom is -0.409 e. The summed E-state index contributed by atoms with van der Waals surface area (Å²) in [6, 6.07) is 0. The molecule has 18 heavy (non-hydrogen) atoms. The Hall–Kier alpha value is -1.30. The zero-order chi connectivity index (χ0) is 13.4. The fraction of sp³-hybridized carbons (Fsp3) is 0.833. The van der Waals surface area contributed by atoms with Crippen LogP contribution in [0.25, 0.3) is 0 Å². The van der Waals surface area contributed by atoms with Gasteiger partial charge in [0.1, 0.15) is 5.84 Å². The van der Waals surface area contributed by atoms with E-state index in [4.69, 9.17) is 15.7 Å². The molecular formula is C12H23N3O3. The zero-order valence-corrected chi connectivity index (χ0v) is 10.9. The van der Waals surface area contributed by atoms with Crippen LogP contribution in [-0.2, 0) is 9.53 Å². The van der Waals surface area contributed by atoms with Gasteiger partial charge in [-0.05, 0) is 25.2 Å². The van der Waals surface area contributed by atoms with E-state index in [1.165, 1.54) is 0 Å². The van der Waals surface area contributed by atoms with Gasteiger partial charge in [0.25, 0.3) is 0 Å².